The van der Waals surface area contributed by atoms with E-state index < -0.39 is 0 Å². The average molecular weight is 303 g/mol. The third-order valence-electron chi connectivity index (χ3n) is 6.72. The molecule has 1 fully saturated rings. The predicted octanol–water partition coefficient (Wildman–Crippen LogP) is 6.22. The van der Waals surface area contributed by atoms with Gasteiger partial charge in [-0.15, -0.1) is 0 Å². The zero-order chi connectivity index (χ0) is 15.4. The Morgan fingerprint density at radius 3 is 2.45 bits per heavy atom. The van der Waals surface area contributed by atoms with E-state index in [0.29, 0.717) is 5.78 Å². The molecular weight excluding hydrogens is 268 g/mol. The Morgan fingerprint density at radius 1 is 0.864 bits per heavy atom. The lowest BCUT2D eigenvalue weighted by Gasteiger charge is -2.38. The Balaban J connectivity index is 1.45. The SMILES string of the molecule is CCCCCC1CCC(C2CCC3=C(CCC(=O)C3)C2)CC1. The zero-order valence-corrected chi connectivity index (χ0v) is 14.5. The molecule has 3 aliphatic rings. The first-order valence-corrected chi connectivity index (χ1v) is 9.97. The fourth-order valence-corrected chi connectivity index (χ4v) is 5.24. The molecule has 0 spiro atoms. The second kappa shape index (κ2) is 7.79. The van der Waals surface area contributed by atoms with Crippen LogP contribution in [0.25, 0.3) is 0 Å². The lowest BCUT2D eigenvalue weighted by atomic mass is 9.67. The summed E-state index contributed by atoms with van der Waals surface area (Å²) in [7, 11) is 0. The molecule has 0 aromatic carbocycles. The molecule has 1 nitrogen and oxygen atoms in total. The zero-order valence-electron chi connectivity index (χ0n) is 14.5. The summed E-state index contributed by atoms with van der Waals surface area (Å²) in [6, 6.07) is 0. The molecule has 1 saturated carbocycles. The number of rotatable bonds is 5. The number of unbranched alkanes of at least 4 members (excludes halogenated alkanes) is 2. The maximum atomic E-state index is 11.6. The number of ketones is 1. The first-order chi connectivity index (χ1) is 10.8. The smallest absolute Gasteiger partial charge is 0.137 e. The van der Waals surface area contributed by atoms with Gasteiger partial charge in [0.15, 0.2) is 0 Å². The van der Waals surface area contributed by atoms with Gasteiger partial charge < -0.3 is 0 Å². The molecule has 1 heteroatoms. The van der Waals surface area contributed by atoms with Crippen molar-refractivity contribution in [3.8, 4) is 0 Å². The highest BCUT2D eigenvalue weighted by Gasteiger charge is 2.32. The molecule has 0 amide bonds. The summed E-state index contributed by atoms with van der Waals surface area (Å²) in [5.74, 6) is 3.47. The third-order valence-corrected chi connectivity index (χ3v) is 6.72. The van der Waals surface area contributed by atoms with Crippen LogP contribution in [0, 0.1) is 17.8 Å². The number of carbonyl (C=O) groups is 1. The van der Waals surface area contributed by atoms with Gasteiger partial charge in [0.05, 0.1) is 0 Å². The molecular formula is C21H34O. The molecule has 0 N–H and O–H groups in total. The van der Waals surface area contributed by atoms with Gasteiger partial charge in [-0.05, 0) is 56.3 Å². The summed E-state index contributed by atoms with van der Waals surface area (Å²) in [6.45, 7) is 2.31. The van der Waals surface area contributed by atoms with E-state index in [2.05, 4.69) is 6.92 Å². The molecule has 0 aliphatic heterocycles. The van der Waals surface area contributed by atoms with Crippen molar-refractivity contribution >= 4 is 5.78 Å². The van der Waals surface area contributed by atoms with E-state index in [-0.39, 0.29) is 0 Å². The van der Waals surface area contributed by atoms with E-state index >= 15 is 0 Å². The molecule has 3 rings (SSSR count). The molecule has 0 radical (unpaired) electrons. The standard InChI is InChI=1S/C21H34O/c1-2-3-4-5-16-6-8-17(9-7-16)18-10-11-20-15-21(22)13-12-19(20)14-18/h16-18H,2-15H2,1H3. The minimum Gasteiger partial charge on any atom is -0.299 e. The predicted molar refractivity (Wildman–Crippen MR) is 92.8 cm³/mol. The van der Waals surface area contributed by atoms with Gasteiger partial charge in [0.2, 0.25) is 0 Å². The highest BCUT2D eigenvalue weighted by atomic mass is 16.1. The van der Waals surface area contributed by atoms with Crippen molar-refractivity contribution in [1.29, 1.82) is 0 Å². The van der Waals surface area contributed by atoms with E-state index in [1.807, 2.05) is 0 Å². The van der Waals surface area contributed by atoms with E-state index in [0.717, 1.165) is 37.0 Å². The highest BCUT2D eigenvalue weighted by Crippen LogP contribution is 2.45. The third kappa shape index (κ3) is 4.03. The van der Waals surface area contributed by atoms with Gasteiger partial charge in [0.1, 0.15) is 5.78 Å². The Labute approximate surface area is 136 Å². The molecule has 3 aliphatic carbocycles. The van der Waals surface area contributed by atoms with E-state index in [4.69, 9.17) is 0 Å². The minimum absolute atomic E-state index is 0.491. The van der Waals surface area contributed by atoms with Gasteiger partial charge in [-0.1, -0.05) is 56.6 Å². The topological polar surface area (TPSA) is 17.1 Å². The van der Waals surface area contributed by atoms with Crippen LogP contribution < -0.4 is 0 Å². The van der Waals surface area contributed by atoms with E-state index in [1.165, 1.54) is 70.6 Å². The molecule has 1 atom stereocenters. The quantitative estimate of drug-likeness (QED) is 0.435. The van der Waals surface area contributed by atoms with Crippen molar-refractivity contribution in [3.05, 3.63) is 11.1 Å². The lowest BCUT2D eigenvalue weighted by Crippen LogP contribution is -2.26. The maximum Gasteiger partial charge on any atom is 0.137 e. The Kier molecular flexibility index (Phi) is 5.77. The monoisotopic (exact) mass is 302 g/mol. The molecule has 22 heavy (non-hydrogen) atoms. The van der Waals surface area contributed by atoms with Crippen molar-refractivity contribution in [2.75, 3.05) is 0 Å². The van der Waals surface area contributed by atoms with Crippen molar-refractivity contribution < 1.29 is 4.79 Å². The number of allylic oxidation sites excluding steroid dienone is 2. The van der Waals surface area contributed by atoms with E-state index in [9.17, 15) is 4.79 Å². The van der Waals surface area contributed by atoms with Gasteiger partial charge in [0, 0.05) is 12.8 Å². The molecule has 0 saturated heterocycles. The number of hydrogen-bond acceptors (Lipinski definition) is 1. The van der Waals surface area contributed by atoms with Crippen LogP contribution in [0.2, 0.25) is 0 Å². The Bertz CT molecular complexity index is 412. The Hall–Kier alpha value is -0.590. The fourth-order valence-electron chi connectivity index (χ4n) is 5.24. The van der Waals surface area contributed by atoms with Crippen LogP contribution in [0.4, 0.5) is 0 Å². The number of carbonyl (C=O) groups excluding carboxylic acids is 1. The van der Waals surface area contributed by atoms with Crippen LogP contribution in [0.3, 0.4) is 0 Å². The van der Waals surface area contributed by atoms with Gasteiger partial charge in [-0.2, -0.15) is 0 Å². The second-order valence-corrected chi connectivity index (χ2v) is 8.20. The summed E-state index contributed by atoms with van der Waals surface area (Å²) in [5.41, 5.74) is 3.24. The molecule has 0 bridgehead atoms. The van der Waals surface area contributed by atoms with Gasteiger partial charge in [-0.25, -0.2) is 0 Å². The van der Waals surface area contributed by atoms with Gasteiger partial charge in [-0.3, -0.25) is 4.79 Å². The van der Waals surface area contributed by atoms with Crippen LogP contribution in [-0.4, -0.2) is 5.78 Å². The fraction of sp³-hybridized carbons (Fsp3) is 0.857. The normalized spacial score (nSPS) is 33.0. The Morgan fingerprint density at radius 2 is 1.68 bits per heavy atom. The van der Waals surface area contributed by atoms with Gasteiger partial charge in [0.25, 0.3) is 0 Å². The van der Waals surface area contributed by atoms with E-state index in [1.54, 1.807) is 11.1 Å². The maximum absolute atomic E-state index is 11.6. The van der Waals surface area contributed by atoms with Crippen LogP contribution in [0.1, 0.15) is 96.8 Å². The first-order valence-electron chi connectivity index (χ1n) is 9.97. The first kappa shape index (κ1) is 16.3. The average Bonchev–Trinajstić information content (AvgIpc) is 2.55. The molecule has 0 aromatic rings. The van der Waals surface area contributed by atoms with Crippen molar-refractivity contribution in [3.63, 3.8) is 0 Å². The summed E-state index contributed by atoms with van der Waals surface area (Å²) >= 11 is 0. The van der Waals surface area contributed by atoms with Crippen molar-refractivity contribution in [2.24, 2.45) is 17.8 Å². The summed E-state index contributed by atoms with van der Waals surface area (Å²) in [5, 5.41) is 0. The highest BCUT2D eigenvalue weighted by molar-refractivity contribution is 5.82. The lowest BCUT2D eigenvalue weighted by molar-refractivity contribution is -0.118. The van der Waals surface area contributed by atoms with Crippen molar-refractivity contribution in [2.45, 2.75) is 96.8 Å². The molecule has 124 valence electrons. The minimum atomic E-state index is 0.491. The van der Waals surface area contributed by atoms with Crippen molar-refractivity contribution in [1.82, 2.24) is 0 Å². The van der Waals surface area contributed by atoms with Crippen LogP contribution in [0.5, 0.6) is 0 Å². The van der Waals surface area contributed by atoms with Crippen LogP contribution >= 0.6 is 0 Å². The molecule has 0 aromatic heterocycles. The van der Waals surface area contributed by atoms with Crippen LogP contribution in [-0.2, 0) is 4.79 Å². The summed E-state index contributed by atoms with van der Waals surface area (Å²) in [6.07, 6.45) is 18.4. The van der Waals surface area contributed by atoms with Crippen LogP contribution in [0.15, 0.2) is 11.1 Å². The number of Topliss-reactive ketones (excluding diaryl/α,β-unsaturated/α-hetero) is 1. The summed E-state index contributed by atoms with van der Waals surface area (Å²) in [4.78, 5) is 11.6. The van der Waals surface area contributed by atoms with Gasteiger partial charge >= 0.3 is 0 Å². The number of hydrogen-bond donors (Lipinski definition) is 0. The summed E-state index contributed by atoms with van der Waals surface area (Å²) < 4.78 is 0. The second-order valence-electron chi connectivity index (χ2n) is 8.20. The molecule has 0 heterocycles. The largest absolute Gasteiger partial charge is 0.299 e. The molecule has 1 unspecified atom stereocenters.